The molecule has 0 amide bonds. The Labute approximate surface area is 151 Å². The highest BCUT2D eigenvalue weighted by Gasteiger charge is 2.33. The number of hydrogen-bond donors (Lipinski definition) is 1. The number of nitrogens with zero attached hydrogens (tertiary/aromatic N) is 2. The van der Waals surface area contributed by atoms with Gasteiger partial charge in [-0.1, -0.05) is 30.3 Å². The van der Waals surface area contributed by atoms with Gasteiger partial charge in [0.15, 0.2) is 0 Å². The maximum Gasteiger partial charge on any atom is 0.279 e. The van der Waals surface area contributed by atoms with Gasteiger partial charge in [0.05, 0.1) is 12.2 Å². The van der Waals surface area contributed by atoms with Crippen molar-refractivity contribution in [3.05, 3.63) is 35.9 Å². The molecule has 2 aliphatic rings. The van der Waals surface area contributed by atoms with E-state index in [2.05, 4.69) is 33.9 Å². The van der Waals surface area contributed by atoms with Crippen LogP contribution in [-0.4, -0.2) is 62.1 Å². The van der Waals surface area contributed by atoms with Gasteiger partial charge in [0.2, 0.25) is 0 Å². The lowest BCUT2D eigenvalue weighted by Crippen LogP contribution is -2.55. The second-order valence-electron chi connectivity index (χ2n) is 7.23. The molecular formula is C18H29N3O3S. The topological polar surface area (TPSA) is 61.9 Å². The molecule has 140 valence electrons. The molecule has 1 N–H and O–H groups in total. The van der Waals surface area contributed by atoms with Crippen LogP contribution in [0.3, 0.4) is 0 Å². The molecule has 0 saturated carbocycles. The van der Waals surface area contributed by atoms with Crippen LogP contribution >= 0.6 is 0 Å². The summed E-state index contributed by atoms with van der Waals surface area (Å²) in [5, 5.41) is 0. The minimum Gasteiger partial charge on any atom is -0.373 e. The first-order valence-electron chi connectivity index (χ1n) is 9.11. The van der Waals surface area contributed by atoms with Crippen molar-refractivity contribution in [2.24, 2.45) is 0 Å². The molecule has 0 aromatic heterocycles. The Kier molecular flexibility index (Phi) is 6.12. The Morgan fingerprint density at radius 3 is 2.28 bits per heavy atom. The number of morpholine rings is 1. The standard InChI is InChI=1S/C18H29N3O3S/c1-15-12-21(13-16(2)24-15)25(22,23)19-18-8-10-20(11-9-18)14-17-6-4-3-5-7-17/h3-7,15-16,18-19H,8-14H2,1-2H3/t15-,16-/m1/s1. The van der Waals surface area contributed by atoms with Crippen LogP contribution in [0.5, 0.6) is 0 Å². The van der Waals surface area contributed by atoms with E-state index < -0.39 is 10.2 Å². The van der Waals surface area contributed by atoms with Gasteiger partial charge in [-0.25, -0.2) is 0 Å². The van der Waals surface area contributed by atoms with Gasteiger partial charge in [0, 0.05) is 38.8 Å². The van der Waals surface area contributed by atoms with E-state index in [0.29, 0.717) is 13.1 Å². The first-order chi connectivity index (χ1) is 11.9. The second kappa shape index (κ2) is 8.14. The number of hydrogen-bond acceptors (Lipinski definition) is 4. The second-order valence-corrected chi connectivity index (χ2v) is 8.94. The summed E-state index contributed by atoms with van der Waals surface area (Å²) in [6, 6.07) is 10.4. The molecule has 0 spiro atoms. The Balaban J connectivity index is 1.49. The highest BCUT2D eigenvalue weighted by atomic mass is 32.2. The zero-order chi connectivity index (χ0) is 17.9. The summed E-state index contributed by atoms with van der Waals surface area (Å²) in [5.41, 5.74) is 1.30. The van der Waals surface area contributed by atoms with E-state index >= 15 is 0 Å². The number of piperidine rings is 1. The summed E-state index contributed by atoms with van der Waals surface area (Å²) in [6.07, 6.45) is 1.57. The molecule has 0 aliphatic carbocycles. The maximum atomic E-state index is 12.7. The molecule has 2 atom stereocenters. The molecule has 2 heterocycles. The fourth-order valence-corrected chi connectivity index (χ4v) is 5.28. The molecule has 7 heteroatoms. The lowest BCUT2D eigenvalue weighted by atomic mass is 10.1. The van der Waals surface area contributed by atoms with Gasteiger partial charge in [-0.2, -0.15) is 17.4 Å². The highest BCUT2D eigenvalue weighted by Crippen LogP contribution is 2.18. The number of benzene rings is 1. The molecule has 2 saturated heterocycles. The van der Waals surface area contributed by atoms with E-state index in [1.165, 1.54) is 9.87 Å². The Morgan fingerprint density at radius 2 is 1.68 bits per heavy atom. The number of likely N-dealkylation sites (tertiary alicyclic amines) is 1. The molecule has 6 nitrogen and oxygen atoms in total. The molecule has 25 heavy (non-hydrogen) atoms. The summed E-state index contributed by atoms with van der Waals surface area (Å²) in [4.78, 5) is 2.39. The van der Waals surface area contributed by atoms with Crippen LogP contribution in [0, 0.1) is 0 Å². The molecule has 2 fully saturated rings. The van der Waals surface area contributed by atoms with Crippen molar-refractivity contribution in [1.29, 1.82) is 0 Å². The fourth-order valence-electron chi connectivity index (χ4n) is 3.66. The lowest BCUT2D eigenvalue weighted by molar-refractivity contribution is -0.0445. The van der Waals surface area contributed by atoms with Crippen molar-refractivity contribution in [2.45, 2.75) is 51.5 Å². The Morgan fingerprint density at radius 1 is 1.08 bits per heavy atom. The van der Waals surface area contributed by atoms with Crippen molar-refractivity contribution in [1.82, 2.24) is 13.9 Å². The van der Waals surface area contributed by atoms with Crippen LogP contribution in [0.1, 0.15) is 32.3 Å². The number of nitrogens with one attached hydrogen (secondary N) is 1. The smallest absolute Gasteiger partial charge is 0.279 e. The average molecular weight is 368 g/mol. The Hall–Kier alpha value is -0.990. The van der Waals surface area contributed by atoms with E-state index in [9.17, 15) is 8.42 Å². The van der Waals surface area contributed by atoms with E-state index in [1.54, 1.807) is 0 Å². The quantitative estimate of drug-likeness (QED) is 0.859. The summed E-state index contributed by atoms with van der Waals surface area (Å²) in [5.74, 6) is 0. The van der Waals surface area contributed by atoms with Crippen LogP contribution in [-0.2, 0) is 21.5 Å². The van der Waals surface area contributed by atoms with Gasteiger partial charge in [-0.05, 0) is 32.3 Å². The van der Waals surface area contributed by atoms with E-state index in [0.717, 1.165) is 32.5 Å². The molecule has 3 rings (SSSR count). The number of rotatable bonds is 5. The monoisotopic (exact) mass is 367 g/mol. The molecule has 0 unspecified atom stereocenters. The van der Waals surface area contributed by atoms with E-state index in [-0.39, 0.29) is 18.2 Å². The van der Waals surface area contributed by atoms with Crippen LogP contribution in [0.2, 0.25) is 0 Å². The van der Waals surface area contributed by atoms with Gasteiger partial charge in [0.25, 0.3) is 10.2 Å². The third-order valence-corrected chi connectivity index (χ3v) is 6.49. The Bertz CT molecular complexity index is 635. The average Bonchev–Trinajstić information content (AvgIpc) is 2.56. The molecule has 2 aliphatic heterocycles. The molecular weight excluding hydrogens is 338 g/mol. The molecule has 1 aromatic carbocycles. The van der Waals surface area contributed by atoms with Crippen LogP contribution in [0.4, 0.5) is 0 Å². The summed E-state index contributed by atoms with van der Waals surface area (Å²) in [6.45, 7) is 7.44. The van der Waals surface area contributed by atoms with Crippen LogP contribution in [0.25, 0.3) is 0 Å². The predicted molar refractivity (Wildman–Crippen MR) is 98.4 cm³/mol. The molecule has 1 aromatic rings. The molecule has 0 bridgehead atoms. The number of ether oxygens (including phenoxy) is 1. The minimum absolute atomic E-state index is 0.0190. The van der Waals surface area contributed by atoms with Crippen LogP contribution < -0.4 is 4.72 Å². The summed E-state index contributed by atoms with van der Waals surface area (Å²) in [7, 11) is -3.44. The van der Waals surface area contributed by atoms with Gasteiger partial charge >= 0.3 is 0 Å². The summed E-state index contributed by atoms with van der Waals surface area (Å²) < 4.78 is 35.4. The van der Waals surface area contributed by atoms with Crippen molar-refractivity contribution < 1.29 is 13.2 Å². The van der Waals surface area contributed by atoms with Gasteiger partial charge in [-0.15, -0.1) is 0 Å². The first kappa shape index (κ1) is 18.8. The SMILES string of the molecule is C[C@@H]1CN(S(=O)(=O)NC2CCN(Cc3ccccc3)CC2)C[C@@H](C)O1. The van der Waals surface area contributed by atoms with Crippen molar-refractivity contribution >= 4 is 10.2 Å². The van der Waals surface area contributed by atoms with E-state index in [4.69, 9.17) is 4.74 Å². The maximum absolute atomic E-state index is 12.7. The van der Waals surface area contributed by atoms with Crippen LogP contribution in [0.15, 0.2) is 30.3 Å². The van der Waals surface area contributed by atoms with E-state index in [1.807, 2.05) is 19.9 Å². The zero-order valence-electron chi connectivity index (χ0n) is 15.1. The van der Waals surface area contributed by atoms with Gasteiger partial charge < -0.3 is 4.74 Å². The fraction of sp³-hybridized carbons (Fsp3) is 0.667. The normalized spacial score (nSPS) is 27.4. The predicted octanol–water partition coefficient (Wildman–Crippen LogP) is 1.59. The van der Waals surface area contributed by atoms with Crippen molar-refractivity contribution in [2.75, 3.05) is 26.2 Å². The molecule has 0 radical (unpaired) electrons. The third kappa shape index (κ3) is 5.24. The highest BCUT2D eigenvalue weighted by molar-refractivity contribution is 7.87. The van der Waals surface area contributed by atoms with Gasteiger partial charge in [0.1, 0.15) is 0 Å². The zero-order valence-corrected chi connectivity index (χ0v) is 15.9. The first-order valence-corrected chi connectivity index (χ1v) is 10.6. The largest absolute Gasteiger partial charge is 0.373 e. The third-order valence-electron chi connectivity index (χ3n) is 4.88. The van der Waals surface area contributed by atoms with Crippen molar-refractivity contribution in [3.63, 3.8) is 0 Å². The summed E-state index contributed by atoms with van der Waals surface area (Å²) >= 11 is 0. The van der Waals surface area contributed by atoms with Gasteiger partial charge in [-0.3, -0.25) is 4.90 Å². The van der Waals surface area contributed by atoms with Crippen molar-refractivity contribution in [3.8, 4) is 0 Å². The lowest BCUT2D eigenvalue weighted by Gasteiger charge is -2.37. The minimum atomic E-state index is -3.44.